The van der Waals surface area contributed by atoms with Crippen LogP contribution < -0.4 is 20.4 Å². The zero-order chi connectivity index (χ0) is 24.8. The van der Waals surface area contributed by atoms with Crippen LogP contribution in [0.5, 0.6) is 0 Å². The monoisotopic (exact) mass is 506 g/mol. The molecule has 2 saturated heterocycles. The molecule has 1 aliphatic carbocycles. The molecule has 5 rings (SSSR count). The maximum atomic E-state index is 5.80. The van der Waals surface area contributed by atoms with Crippen molar-refractivity contribution in [3.63, 3.8) is 0 Å². The Balaban J connectivity index is 1.33. The molecule has 0 spiro atoms. The first-order valence-corrected chi connectivity index (χ1v) is 14.5. The summed E-state index contributed by atoms with van der Waals surface area (Å²) in [6.07, 6.45) is 13.8. The third kappa shape index (κ3) is 5.93. The Morgan fingerprint density at radius 2 is 1.61 bits per heavy atom. The van der Waals surface area contributed by atoms with Crippen molar-refractivity contribution in [3.05, 3.63) is 42.0 Å². The number of nitrogens with zero attached hydrogens (tertiary/aromatic N) is 4. The van der Waals surface area contributed by atoms with E-state index in [9.17, 15) is 0 Å². The van der Waals surface area contributed by atoms with E-state index >= 15 is 0 Å². The molecular weight excluding hydrogens is 464 g/mol. The van der Waals surface area contributed by atoms with Gasteiger partial charge in [0, 0.05) is 43.7 Å². The third-order valence-corrected chi connectivity index (χ3v) is 8.73. The summed E-state index contributed by atoms with van der Waals surface area (Å²) in [6.45, 7) is 6.33. The van der Waals surface area contributed by atoms with Gasteiger partial charge in [0.25, 0.3) is 0 Å². The fourth-order valence-corrected chi connectivity index (χ4v) is 6.49. The van der Waals surface area contributed by atoms with Gasteiger partial charge in [-0.2, -0.15) is 9.97 Å². The molecule has 0 unspecified atom stereocenters. The van der Waals surface area contributed by atoms with Crippen LogP contribution >= 0.6 is 12.2 Å². The Hall–Kier alpha value is -2.41. The number of rotatable bonds is 6. The number of hydrogen-bond donors (Lipinski definition) is 2. The largest absolute Gasteiger partial charge is 0.361 e. The van der Waals surface area contributed by atoms with E-state index < -0.39 is 0 Å². The lowest BCUT2D eigenvalue weighted by Crippen LogP contribution is -2.44. The molecule has 0 bridgehead atoms. The molecule has 2 aromatic rings. The minimum atomic E-state index is 0.135. The van der Waals surface area contributed by atoms with Crippen LogP contribution in [0.25, 0.3) is 0 Å². The first-order chi connectivity index (χ1) is 17.6. The van der Waals surface area contributed by atoms with Crippen LogP contribution in [-0.4, -0.2) is 47.3 Å². The average molecular weight is 507 g/mol. The van der Waals surface area contributed by atoms with E-state index in [1.165, 1.54) is 76.2 Å². The van der Waals surface area contributed by atoms with Gasteiger partial charge in [-0.1, -0.05) is 49.6 Å². The van der Waals surface area contributed by atoms with E-state index in [0.717, 1.165) is 37.8 Å². The summed E-state index contributed by atoms with van der Waals surface area (Å²) >= 11 is 5.80. The number of thiocarbonyl (C=S) groups is 1. The number of anilines is 3. The van der Waals surface area contributed by atoms with Crippen LogP contribution in [0.3, 0.4) is 0 Å². The molecule has 194 valence electrons. The van der Waals surface area contributed by atoms with E-state index in [2.05, 4.69) is 63.8 Å². The molecule has 0 amide bonds. The fraction of sp³-hybridized carbons (Fsp3) is 0.621. The van der Waals surface area contributed by atoms with Gasteiger partial charge in [0.15, 0.2) is 5.11 Å². The number of aromatic nitrogens is 2. The summed E-state index contributed by atoms with van der Waals surface area (Å²) in [7, 11) is 0. The molecule has 3 aliphatic rings. The van der Waals surface area contributed by atoms with E-state index in [-0.39, 0.29) is 5.41 Å². The Morgan fingerprint density at radius 1 is 0.917 bits per heavy atom. The highest BCUT2D eigenvalue weighted by Gasteiger charge is 2.34. The molecule has 1 saturated carbocycles. The predicted molar refractivity (Wildman–Crippen MR) is 154 cm³/mol. The minimum Gasteiger partial charge on any atom is -0.361 e. The lowest BCUT2D eigenvalue weighted by atomic mass is 9.69. The lowest BCUT2D eigenvalue weighted by Gasteiger charge is -2.38. The number of nitrogens with one attached hydrogen (secondary N) is 2. The molecule has 2 N–H and O–H groups in total. The number of piperidine rings is 2. The van der Waals surface area contributed by atoms with Crippen molar-refractivity contribution in [3.8, 4) is 0 Å². The van der Waals surface area contributed by atoms with Gasteiger partial charge in [-0.15, -0.1) is 0 Å². The van der Waals surface area contributed by atoms with Gasteiger partial charge in [-0.05, 0) is 76.1 Å². The fourth-order valence-electron chi connectivity index (χ4n) is 6.33. The normalized spacial score (nSPS) is 22.2. The summed E-state index contributed by atoms with van der Waals surface area (Å²) in [6, 6.07) is 13.7. The molecule has 1 aromatic carbocycles. The van der Waals surface area contributed by atoms with E-state index in [1.54, 1.807) is 0 Å². The Morgan fingerprint density at radius 3 is 2.36 bits per heavy atom. The van der Waals surface area contributed by atoms with Crippen molar-refractivity contribution in [2.45, 2.75) is 89.0 Å². The standard InChI is InChI=1S/C29H42N6S/c1-23-13-7-12-20-35(23)26-21-25(34-18-10-4-11-19-34)31-27(32-26)33-28(36)30-22-29(16-8-3-9-17-29)24-14-5-2-6-15-24/h2,5-6,14-15,21,23H,3-4,7-13,16-20,22H2,1H3,(H2,30,31,32,33,36)/t23-/m0/s1. The lowest BCUT2D eigenvalue weighted by molar-refractivity contribution is 0.292. The second kappa shape index (κ2) is 11.8. The molecule has 1 atom stereocenters. The minimum absolute atomic E-state index is 0.135. The van der Waals surface area contributed by atoms with E-state index in [1.807, 2.05) is 0 Å². The van der Waals surface area contributed by atoms with Crippen LogP contribution in [0.1, 0.15) is 83.1 Å². The summed E-state index contributed by atoms with van der Waals surface area (Å²) < 4.78 is 0. The van der Waals surface area contributed by atoms with Crippen LogP contribution in [0, 0.1) is 0 Å². The Bertz CT molecular complexity index is 1000. The zero-order valence-electron chi connectivity index (χ0n) is 21.8. The average Bonchev–Trinajstić information content (AvgIpc) is 2.93. The van der Waals surface area contributed by atoms with Crippen LogP contribution in [-0.2, 0) is 5.41 Å². The smallest absolute Gasteiger partial charge is 0.232 e. The van der Waals surface area contributed by atoms with Gasteiger partial charge in [-0.25, -0.2) is 0 Å². The molecule has 36 heavy (non-hydrogen) atoms. The van der Waals surface area contributed by atoms with Gasteiger partial charge in [0.05, 0.1) is 0 Å². The molecule has 6 nitrogen and oxygen atoms in total. The van der Waals surface area contributed by atoms with Crippen molar-refractivity contribution in [1.29, 1.82) is 0 Å². The topological polar surface area (TPSA) is 56.3 Å². The van der Waals surface area contributed by atoms with Crippen molar-refractivity contribution < 1.29 is 0 Å². The number of hydrogen-bond acceptors (Lipinski definition) is 5. The Labute approximate surface area is 222 Å². The quantitative estimate of drug-likeness (QED) is 0.464. The first-order valence-electron chi connectivity index (χ1n) is 14.1. The first kappa shape index (κ1) is 25.2. The van der Waals surface area contributed by atoms with Crippen molar-refractivity contribution >= 4 is 34.9 Å². The molecule has 7 heteroatoms. The van der Waals surface area contributed by atoms with E-state index in [0.29, 0.717) is 17.1 Å². The molecular formula is C29H42N6S. The maximum absolute atomic E-state index is 5.80. The second-order valence-electron chi connectivity index (χ2n) is 11.0. The summed E-state index contributed by atoms with van der Waals surface area (Å²) in [5.74, 6) is 2.66. The van der Waals surface area contributed by atoms with Crippen LogP contribution in [0.4, 0.5) is 17.6 Å². The number of benzene rings is 1. The van der Waals surface area contributed by atoms with Gasteiger partial charge in [0.2, 0.25) is 5.95 Å². The molecule has 3 fully saturated rings. The molecule has 3 heterocycles. The highest BCUT2D eigenvalue weighted by Crippen LogP contribution is 2.39. The Kier molecular flexibility index (Phi) is 8.25. The summed E-state index contributed by atoms with van der Waals surface area (Å²) in [5.41, 5.74) is 1.56. The summed E-state index contributed by atoms with van der Waals surface area (Å²) in [5, 5.41) is 7.54. The van der Waals surface area contributed by atoms with Gasteiger partial charge in [0.1, 0.15) is 11.6 Å². The van der Waals surface area contributed by atoms with Crippen molar-refractivity contribution in [2.24, 2.45) is 0 Å². The second-order valence-corrected chi connectivity index (χ2v) is 11.4. The van der Waals surface area contributed by atoms with Gasteiger partial charge in [-0.3, -0.25) is 0 Å². The molecule has 2 aliphatic heterocycles. The molecule has 0 radical (unpaired) electrons. The van der Waals surface area contributed by atoms with Crippen LogP contribution in [0.15, 0.2) is 36.4 Å². The van der Waals surface area contributed by atoms with E-state index in [4.69, 9.17) is 22.2 Å². The maximum Gasteiger partial charge on any atom is 0.232 e. The van der Waals surface area contributed by atoms with Gasteiger partial charge < -0.3 is 20.4 Å². The predicted octanol–water partition coefficient (Wildman–Crippen LogP) is 6.03. The van der Waals surface area contributed by atoms with Gasteiger partial charge >= 0.3 is 0 Å². The SMILES string of the molecule is C[C@H]1CCCCN1c1cc(N2CCCCC2)nc(NC(=S)NCC2(c3ccccc3)CCCCC2)n1. The van der Waals surface area contributed by atoms with Crippen molar-refractivity contribution in [1.82, 2.24) is 15.3 Å². The zero-order valence-corrected chi connectivity index (χ0v) is 22.7. The summed E-state index contributed by atoms with van der Waals surface area (Å²) in [4.78, 5) is 14.8. The molecule has 1 aromatic heterocycles. The van der Waals surface area contributed by atoms with Crippen LogP contribution in [0.2, 0.25) is 0 Å². The highest BCUT2D eigenvalue weighted by molar-refractivity contribution is 7.80. The van der Waals surface area contributed by atoms with Crippen molar-refractivity contribution in [2.75, 3.05) is 41.3 Å². The highest BCUT2D eigenvalue weighted by atomic mass is 32.1. The third-order valence-electron chi connectivity index (χ3n) is 8.49.